The zero-order chi connectivity index (χ0) is 18.2. The molecule has 0 aromatic heterocycles. The minimum Gasteiger partial charge on any atom is -0.393 e. The van der Waals surface area contributed by atoms with Crippen molar-refractivity contribution in [1.29, 1.82) is 0 Å². The smallest absolute Gasteiger partial charge is 0.393 e. The summed E-state index contributed by atoms with van der Waals surface area (Å²) in [7, 11) is 0. The lowest BCUT2D eigenvalue weighted by molar-refractivity contribution is 0.151. The Bertz CT molecular complexity index is 769. The van der Waals surface area contributed by atoms with Crippen molar-refractivity contribution in [3.05, 3.63) is 47.9 Å². The van der Waals surface area contributed by atoms with Crippen molar-refractivity contribution < 1.29 is 14.3 Å². The average Bonchev–Trinajstić information content (AvgIpc) is 2.53. The lowest BCUT2D eigenvalue weighted by Gasteiger charge is -2.12. The Labute approximate surface area is 204 Å². The number of ether oxygens (including phenoxy) is 2. The second-order valence-corrected chi connectivity index (χ2v) is 10.5. The summed E-state index contributed by atoms with van der Waals surface area (Å²) in [5.74, 6) is 0.599. The van der Waals surface area contributed by atoms with Crippen LogP contribution in [0.25, 0.3) is 0 Å². The molecule has 0 amide bonds. The molecular formula is C13H2Br8O3. The second-order valence-electron chi connectivity index (χ2n) is 4.05. The molecule has 0 atom stereocenters. The third kappa shape index (κ3) is 4.88. The molecule has 3 nitrogen and oxygen atoms in total. The standard InChI is InChI=1S/C13H2Br8O3/c14-3-1-5(9(18)11(20)7(3)16)23-13(22)24-6-2-4(15)8(17)12(21)10(6)19/h1-2H. The summed E-state index contributed by atoms with van der Waals surface area (Å²) in [5, 5.41) is 0. The molecule has 0 heterocycles. The van der Waals surface area contributed by atoms with Crippen molar-refractivity contribution >= 4 is 134 Å². The lowest BCUT2D eigenvalue weighted by Crippen LogP contribution is -2.14. The van der Waals surface area contributed by atoms with Gasteiger partial charge in [-0.15, -0.1) is 0 Å². The van der Waals surface area contributed by atoms with Gasteiger partial charge in [0.25, 0.3) is 0 Å². The molecule has 0 saturated carbocycles. The highest BCUT2D eigenvalue weighted by atomic mass is 79.9. The molecular weight excluding hydrogens is 843 g/mol. The summed E-state index contributed by atoms with van der Waals surface area (Å²) in [4.78, 5) is 12.1. The van der Waals surface area contributed by atoms with Gasteiger partial charge in [0.05, 0.1) is 17.9 Å². The highest BCUT2D eigenvalue weighted by Gasteiger charge is 2.20. The van der Waals surface area contributed by atoms with Crippen LogP contribution in [0.2, 0.25) is 0 Å². The van der Waals surface area contributed by atoms with E-state index in [9.17, 15) is 4.79 Å². The maximum Gasteiger partial charge on any atom is 0.519 e. The van der Waals surface area contributed by atoms with Gasteiger partial charge in [0.1, 0.15) is 0 Å². The highest BCUT2D eigenvalue weighted by molar-refractivity contribution is 9.15. The first-order valence-electron chi connectivity index (χ1n) is 5.69. The summed E-state index contributed by atoms with van der Waals surface area (Å²) in [6.45, 7) is 0. The molecule has 11 heteroatoms. The molecule has 24 heavy (non-hydrogen) atoms. The number of hydrogen-bond donors (Lipinski definition) is 0. The Hall–Kier alpha value is 1.55. The number of hydrogen-bond acceptors (Lipinski definition) is 3. The number of carbonyl (C=O) groups excluding carboxylic acids is 1. The number of halogens is 8. The van der Waals surface area contributed by atoms with Crippen molar-refractivity contribution in [2.24, 2.45) is 0 Å². The summed E-state index contributed by atoms with van der Waals surface area (Å²) in [6.07, 6.45) is -0.876. The number of carbonyl (C=O) groups is 1. The van der Waals surface area contributed by atoms with Crippen molar-refractivity contribution in [3.63, 3.8) is 0 Å². The van der Waals surface area contributed by atoms with Crippen LogP contribution < -0.4 is 9.47 Å². The van der Waals surface area contributed by atoms with Crippen LogP contribution in [0.1, 0.15) is 0 Å². The van der Waals surface area contributed by atoms with E-state index in [1.165, 1.54) is 0 Å². The molecule has 0 spiro atoms. The monoisotopic (exact) mass is 837 g/mol. The second kappa shape index (κ2) is 9.16. The first-order valence-corrected chi connectivity index (χ1v) is 12.0. The molecule has 0 aliphatic rings. The fourth-order valence-corrected chi connectivity index (χ4v) is 5.56. The topological polar surface area (TPSA) is 35.5 Å². The largest absolute Gasteiger partial charge is 0.519 e. The van der Waals surface area contributed by atoms with Crippen LogP contribution in [0.5, 0.6) is 11.5 Å². The minimum absolute atomic E-state index is 0.299. The molecule has 0 saturated heterocycles. The normalized spacial score (nSPS) is 10.7. The average molecular weight is 845 g/mol. The van der Waals surface area contributed by atoms with Gasteiger partial charge in [0.2, 0.25) is 0 Å². The van der Waals surface area contributed by atoms with Gasteiger partial charge in [0.15, 0.2) is 11.5 Å². The van der Waals surface area contributed by atoms with Crippen LogP contribution in [-0.2, 0) is 0 Å². The van der Waals surface area contributed by atoms with E-state index in [2.05, 4.69) is 127 Å². The predicted molar refractivity (Wildman–Crippen MR) is 121 cm³/mol. The molecule has 0 unspecified atom stereocenters. The maximum absolute atomic E-state index is 12.1. The fraction of sp³-hybridized carbons (Fsp3) is 0. The highest BCUT2D eigenvalue weighted by Crippen LogP contribution is 2.44. The van der Waals surface area contributed by atoms with Gasteiger partial charge in [0, 0.05) is 17.9 Å². The van der Waals surface area contributed by atoms with Crippen molar-refractivity contribution in [1.82, 2.24) is 0 Å². The first-order chi connectivity index (χ1) is 11.1. The Morgan fingerprint density at radius 1 is 0.583 bits per heavy atom. The van der Waals surface area contributed by atoms with E-state index >= 15 is 0 Å². The van der Waals surface area contributed by atoms with Crippen molar-refractivity contribution in [2.45, 2.75) is 0 Å². The quantitative estimate of drug-likeness (QED) is 0.131. The molecule has 2 rings (SSSR count). The van der Waals surface area contributed by atoms with E-state index in [0.29, 0.717) is 29.4 Å². The van der Waals surface area contributed by atoms with E-state index in [1.54, 1.807) is 12.1 Å². The van der Waals surface area contributed by atoms with Gasteiger partial charge in [-0.2, -0.15) is 0 Å². The molecule has 0 aliphatic carbocycles. The third-order valence-corrected chi connectivity index (χ3v) is 11.8. The van der Waals surface area contributed by atoms with E-state index in [4.69, 9.17) is 9.47 Å². The van der Waals surface area contributed by atoms with Crippen LogP contribution in [-0.4, -0.2) is 6.16 Å². The summed E-state index contributed by atoms with van der Waals surface area (Å²) in [5.41, 5.74) is 0. The van der Waals surface area contributed by atoms with E-state index in [-0.39, 0.29) is 0 Å². The maximum atomic E-state index is 12.1. The molecule has 2 aromatic rings. The third-order valence-electron chi connectivity index (χ3n) is 2.53. The van der Waals surface area contributed by atoms with Crippen LogP contribution in [0.4, 0.5) is 4.79 Å². The Balaban J connectivity index is 2.27. The Morgan fingerprint density at radius 2 is 0.917 bits per heavy atom. The predicted octanol–water partition coefficient (Wildman–Crippen LogP) is 9.36. The van der Waals surface area contributed by atoms with Crippen molar-refractivity contribution in [3.8, 4) is 11.5 Å². The molecule has 0 fully saturated rings. The molecule has 2 aromatic carbocycles. The van der Waals surface area contributed by atoms with Crippen LogP contribution in [0.15, 0.2) is 47.9 Å². The van der Waals surface area contributed by atoms with Gasteiger partial charge >= 0.3 is 6.16 Å². The minimum atomic E-state index is -0.876. The molecule has 0 radical (unpaired) electrons. The van der Waals surface area contributed by atoms with Gasteiger partial charge in [-0.3, -0.25) is 0 Å². The zero-order valence-corrected chi connectivity index (χ0v) is 23.6. The lowest BCUT2D eigenvalue weighted by atomic mass is 10.3. The summed E-state index contributed by atoms with van der Waals surface area (Å²) >= 11 is 27.1. The SMILES string of the molecule is O=C(Oc1cc(Br)c(Br)c(Br)c1Br)Oc1cc(Br)c(Br)c(Br)c1Br. The molecule has 128 valence electrons. The van der Waals surface area contributed by atoms with Crippen molar-refractivity contribution in [2.75, 3.05) is 0 Å². The molecule has 0 bridgehead atoms. The number of rotatable bonds is 2. The van der Waals surface area contributed by atoms with E-state index in [0.717, 1.165) is 17.9 Å². The van der Waals surface area contributed by atoms with Crippen LogP contribution in [0.3, 0.4) is 0 Å². The number of benzene rings is 2. The summed E-state index contributed by atoms with van der Waals surface area (Å²) in [6, 6.07) is 3.28. The van der Waals surface area contributed by atoms with Gasteiger partial charge in [-0.1, -0.05) is 0 Å². The molecule has 0 aliphatic heterocycles. The van der Waals surface area contributed by atoms with E-state index in [1.807, 2.05) is 0 Å². The van der Waals surface area contributed by atoms with Crippen LogP contribution in [0, 0.1) is 0 Å². The zero-order valence-electron chi connectivity index (χ0n) is 10.9. The van der Waals surface area contributed by atoms with Gasteiger partial charge in [-0.25, -0.2) is 4.79 Å². The molecule has 0 N–H and O–H groups in total. The summed E-state index contributed by atoms with van der Waals surface area (Å²) < 4.78 is 16.1. The Kier molecular flexibility index (Phi) is 8.34. The van der Waals surface area contributed by atoms with Gasteiger partial charge < -0.3 is 9.47 Å². The van der Waals surface area contributed by atoms with Crippen LogP contribution >= 0.6 is 127 Å². The van der Waals surface area contributed by atoms with E-state index < -0.39 is 6.16 Å². The fourth-order valence-electron chi connectivity index (χ4n) is 1.45. The van der Waals surface area contributed by atoms with Gasteiger partial charge in [-0.05, 0) is 140 Å². The first kappa shape index (κ1) is 21.8. The Morgan fingerprint density at radius 3 is 1.25 bits per heavy atom.